The zero-order valence-corrected chi connectivity index (χ0v) is 17.9. The highest BCUT2D eigenvalue weighted by molar-refractivity contribution is 9.10. The first-order chi connectivity index (χ1) is 13.2. The van der Waals surface area contributed by atoms with Crippen LogP contribution in [0.15, 0.2) is 39.4 Å². The number of hydrogen-bond donors (Lipinski definition) is 0. The Hall–Kier alpha value is -1.97. The van der Waals surface area contributed by atoms with Crippen LogP contribution in [0.3, 0.4) is 0 Å². The van der Waals surface area contributed by atoms with Crippen LogP contribution in [0.25, 0.3) is 6.08 Å². The minimum absolute atomic E-state index is 0.0101. The number of benzene rings is 1. The van der Waals surface area contributed by atoms with Gasteiger partial charge in [-0.25, -0.2) is 22.9 Å². The van der Waals surface area contributed by atoms with Crippen LogP contribution in [0.2, 0.25) is 5.15 Å². The Kier molecular flexibility index (Phi) is 4.93. The Morgan fingerprint density at radius 3 is 2.79 bits per heavy atom. The first-order valence-electron chi connectivity index (χ1n) is 8.47. The number of rotatable bonds is 3. The molecule has 0 radical (unpaired) electrons. The van der Waals surface area contributed by atoms with E-state index in [9.17, 15) is 13.2 Å². The van der Waals surface area contributed by atoms with Gasteiger partial charge in [-0.1, -0.05) is 23.7 Å². The van der Waals surface area contributed by atoms with Gasteiger partial charge < -0.3 is 4.74 Å². The second-order valence-corrected chi connectivity index (χ2v) is 10.0. The highest BCUT2D eigenvalue weighted by atomic mass is 79.9. The van der Waals surface area contributed by atoms with Gasteiger partial charge in [-0.3, -0.25) is 0 Å². The van der Waals surface area contributed by atoms with Gasteiger partial charge in [0.15, 0.2) is 15.5 Å². The Labute approximate surface area is 175 Å². The summed E-state index contributed by atoms with van der Waals surface area (Å²) in [5.41, 5.74) is 1.87. The average molecular weight is 485 g/mol. The van der Waals surface area contributed by atoms with Gasteiger partial charge in [-0.2, -0.15) is 5.10 Å². The molecule has 7 nitrogen and oxygen atoms in total. The summed E-state index contributed by atoms with van der Waals surface area (Å²) in [6, 6.07) is 6.98. The van der Waals surface area contributed by atoms with Crippen LogP contribution in [-0.2, 0) is 19.4 Å². The molecule has 2 aliphatic rings. The molecule has 0 N–H and O–H groups in total. The Morgan fingerprint density at radius 2 is 2.11 bits per heavy atom. The van der Waals surface area contributed by atoms with Crippen LogP contribution in [-0.4, -0.2) is 41.6 Å². The standard InChI is InChI=1S/C18H15BrClN3O4S/c1-10-13(16(20)23(22-10)11-6-7-28(25,26)9-11)8-15-18(24)27-17(21-15)12-4-2-3-5-14(12)19/h2-5,8,11H,6-7,9H2,1H3/b15-8+/t11-/m1/s1. The van der Waals surface area contributed by atoms with Crippen LogP contribution in [0.5, 0.6) is 0 Å². The lowest BCUT2D eigenvalue weighted by Crippen LogP contribution is -2.12. The minimum Gasteiger partial charge on any atom is -0.402 e. The summed E-state index contributed by atoms with van der Waals surface area (Å²) in [6.45, 7) is 1.75. The zero-order valence-electron chi connectivity index (χ0n) is 14.7. The number of aryl methyl sites for hydroxylation is 1. The van der Waals surface area contributed by atoms with Crippen molar-refractivity contribution in [2.75, 3.05) is 11.5 Å². The van der Waals surface area contributed by atoms with E-state index < -0.39 is 15.8 Å². The van der Waals surface area contributed by atoms with Crippen molar-refractivity contribution in [3.8, 4) is 0 Å². The van der Waals surface area contributed by atoms with Crippen molar-refractivity contribution >= 4 is 55.3 Å². The second kappa shape index (κ2) is 7.13. The van der Waals surface area contributed by atoms with E-state index in [0.717, 1.165) is 4.47 Å². The molecule has 0 saturated carbocycles. The van der Waals surface area contributed by atoms with Gasteiger partial charge in [0, 0.05) is 10.0 Å². The van der Waals surface area contributed by atoms with Gasteiger partial charge in [0.05, 0.1) is 28.8 Å². The number of halogens is 2. The highest BCUT2D eigenvalue weighted by Crippen LogP contribution is 2.32. The predicted octanol–water partition coefficient (Wildman–Crippen LogP) is 3.31. The Balaban J connectivity index is 1.70. The molecular formula is C18H15BrClN3O4S. The number of hydrogen-bond acceptors (Lipinski definition) is 6. The van der Waals surface area contributed by atoms with Crippen molar-refractivity contribution in [1.29, 1.82) is 0 Å². The maximum absolute atomic E-state index is 12.3. The number of cyclic esters (lactones) is 1. The molecule has 1 atom stereocenters. The Bertz CT molecular complexity index is 1150. The van der Waals surface area contributed by atoms with Crippen molar-refractivity contribution in [2.45, 2.75) is 19.4 Å². The molecule has 0 bridgehead atoms. The lowest BCUT2D eigenvalue weighted by molar-refractivity contribution is -0.129. The number of carbonyl (C=O) groups is 1. The topological polar surface area (TPSA) is 90.6 Å². The van der Waals surface area contributed by atoms with E-state index in [1.165, 1.54) is 10.8 Å². The third-order valence-electron chi connectivity index (χ3n) is 4.63. The second-order valence-electron chi connectivity index (χ2n) is 6.61. The van der Waals surface area contributed by atoms with Crippen LogP contribution < -0.4 is 0 Å². The van der Waals surface area contributed by atoms with Gasteiger partial charge >= 0.3 is 5.97 Å². The number of carbonyl (C=O) groups excluding carboxylic acids is 1. The average Bonchev–Trinajstić information content (AvgIpc) is 3.27. The molecule has 3 heterocycles. The molecule has 10 heteroatoms. The van der Waals surface area contributed by atoms with Crippen LogP contribution in [0.4, 0.5) is 0 Å². The van der Waals surface area contributed by atoms with Crippen LogP contribution in [0.1, 0.15) is 29.3 Å². The van der Waals surface area contributed by atoms with Crippen LogP contribution >= 0.6 is 27.5 Å². The maximum atomic E-state index is 12.3. The molecule has 1 aromatic heterocycles. The molecule has 28 heavy (non-hydrogen) atoms. The fourth-order valence-corrected chi connectivity index (χ4v) is 5.72. The summed E-state index contributed by atoms with van der Waals surface area (Å²) in [4.78, 5) is 16.6. The number of sulfone groups is 1. The molecule has 0 aliphatic carbocycles. The molecule has 1 fully saturated rings. The molecular weight excluding hydrogens is 470 g/mol. The lowest BCUT2D eigenvalue weighted by atomic mass is 10.2. The zero-order chi connectivity index (χ0) is 20.1. The van der Waals surface area contributed by atoms with Crippen LogP contribution in [0, 0.1) is 6.92 Å². The van der Waals surface area contributed by atoms with E-state index >= 15 is 0 Å². The molecule has 0 unspecified atom stereocenters. The van der Waals surface area contributed by atoms with Gasteiger partial charge in [0.25, 0.3) is 0 Å². The van der Waals surface area contributed by atoms with E-state index in [0.29, 0.717) is 23.2 Å². The predicted molar refractivity (Wildman–Crippen MR) is 109 cm³/mol. The smallest absolute Gasteiger partial charge is 0.363 e. The van der Waals surface area contributed by atoms with E-state index in [1.54, 1.807) is 13.0 Å². The summed E-state index contributed by atoms with van der Waals surface area (Å²) in [5.74, 6) is -0.255. The van der Waals surface area contributed by atoms with Gasteiger partial charge in [-0.05, 0) is 47.5 Å². The van der Waals surface area contributed by atoms with Gasteiger partial charge in [-0.15, -0.1) is 0 Å². The van der Waals surface area contributed by atoms with E-state index in [4.69, 9.17) is 16.3 Å². The number of aromatic nitrogens is 2. The summed E-state index contributed by atoms with van der Waals surface area (Å²) >= 11 is 9.87. The summed E-state index contributed by atoms with van der Waals surface area (Å²) in [5, 5.41) is 4.67. The normalized spacial score (nSPS) is 22.5. The molecule has 2 aromatic rings. The van der Waals surface area contributed by atoms with Crippen molar-refractivity contribution in [3.63, 3.8) is 0 Å². The van der Waals surface area contributed by atoms with Crippen molar-refractivity contribution in [3.05, 3.63) is 56.4 Å². The molecule has 2 aliphatic heterocycles. The lowest BCUT2D eigenvalue weighted by Gasteiger charge is -2.09. The van der Waals surface area contributed by atoms with Gasteiger partial charge in [0.2, 0.25) is 5.90 Å². The number of ether oxygens (including phenoxy) is 1. The molecule has 4 rings (SSSR count). The quantitative estimate of drug-likeness (QED) is 0.492. The van der Waals surface area contributed by atoms with Crippen molar-refractivity contribution < 1.29 is 17.9 Å². The highest BCUT2D eigenvalue weighted by Gasteiger charge is 2.32. The third-order valence-corrected chi connectivity index (χ3v) is 7.45. The van der Waals surface area contributed by atoms with E-state index in [2.05, 4.69) is 26.0 Å². The van der Waals surface area contributed by atoms with E-state index in [-0.39, 0.29) is 34.3 Å². The molecule has 1 saturated heterocycles. The third kappa shape index (κ3) is 3.54. The SMILES string of the molecule is Cc1nn([C@@H]2CCS(=O)(=O)C2)c(Cl)c1/C=C1/N=C(c2ccccc2Br)OC1=O. The first kappa shape index (κ1) is 19.4. The van der Waals surface area contributed by atoms with Crippen molar-refractivity contribution in [1.82, 2.24) is 9.78 Å². The monoisotopic (exact) mass is 483 g/mol. The number of aliphatic imine (C=N–C) groups is 1. The molecule has 1 aromatic carbocycles. The van der Waals surface area contributed by atoms with Crippen molar-refractivity contribution in [2.24, 2.45) is 4.99 Å². The number of esters is 1. The maximum Gasteiger partial charge on any atom is 0.363 e. The molecule has 146 valence electrons. The number of nitrogens with zero attached hydrogens (tertiary/aromatic N) is 3. The fraction of sp³-hybridized carbons (Fsp3) is 0.278. The molecule has 0 spiro atoms. The summed E-state index contributed by atoms with van der Waals surface area (Å²) < 4.78 is 31.1. The largest absolute Gasteiger partial charge is 0.402 e. The summed E-state index contributed by atoms with van der Waals surface area (Å²) in [7, 11) is -3.07. The van der Waals surface area contributed by atoms with Gasteiger partial charge in [0.1, 0.15) is 5.15 Å². The summed E-state index contributed by atoms with van der Waals surface area (Å²) in [6.07, 6.45) is 1.99. The Morgan fingerprint density at radius 1 is 1.36 bits per heavy atom. The molecule has 0 amide bonds. The minimum atomic E-state index is -3.07. The fourth-order valence-electron chi connectivity index (χ4n) is 3.20. The first-order valence-corrected chi connectivity index (χ1v) is 11.5. The van der Waals surface area contributed by atoms with E-state index in [1.807, 2.05) is 18.2 Å².